The molecular formula is C17H22FIN6S. The number of halogens is 2. The van der Waals surface area contributed by atoms with Gasteiger partial charge in [-0.15, -0.1) is 35.3 Å². The lowest BCUT2D eigenvalue weighted by molar-refractivity contribution is 0.609. The van der Waals surface area contributed by atoms with Crippen LogP contribution >= 0.6 is 35.3 Å². The van der Waals surface area contributed by atoms with Crippen LogP contribution in [0.4, 0.5) is 9.52 Å². The largest absolute Gasteiger partial charge is 0.357 e. The first-order chi connectivity index (χ1) is 12.0. The molecule has 2 N–H and O–H groups in total. The van der Waals surface area contributed by atoms with Gasteiger partial charge in [-0.1, -0.05) is 6.07 Å². The molecule has 0 aliphatic heterocycles. The average molecular weight is 488 g/mol. The lowest BCUT2D eigenvalue weighted by Gasteiger charge is -2.11. The van der Waals surface area contributed by atoms with Crippen molar-refractivity contribution in [3.05, 3.63) is 46.2 Å². The molecule has 2 aromatic rings. The number of anilines is 1. The van der Waals surface area contributed by atoms with Gasteiger partial charge < -0.3 is 15.5 Å². The van der Waals surface area contributed by atoms with Crippen LogP contribution < -0.4 is 15.5 Å². The number of benzene rings is 1. The zero-order chi connectivity index (χ0) is 18.2. The second kappa shape index (κ2) is 10.9. The molecule has 26 heavy (non-hydrogen) atoms. The molecule has 1 aromatic carbocycles. The molecule has 0 atom stereocenters. The van der Waals surface area contributed by atoms with Gasteiger partial charge in [0.25, 0.3) is 0 Å². The zero-order valence-corrected chi connectivity index (χ0v) is 18.1. The number of aliphatic imine (C=N–C) groups is 1. The zero-order valence-electron chi connectivity index (χ0n) is 14.9. The highest BCUT2D eigenvalue weighted by Gasteiger charge is 2.06. The van der Waals surface area contributed by atoms with Crippen molar-refractivity contribution in [2.45, 2.75) is 20.0 Å². The van der Waals surface area contributed by atoms with Crippen LogP contribution in [0.15, 0.2) is 28.6 Å². The normalized spacial score (nSPS) is 10.7. The van der Waals surface area contributed by atoms with Crippen molar-refractivity contribution >= 4 is 46.4 Å². The maximum Gasteiger partial charge on any atom is 0.191 e. The van der Waals surface area contributed by atoms with Gasteiger partial charge in [-0.25, -0.2) is 14.4 Å². The first-order valence-electron chi connectivity index (χ1n) is 7.86. The molecule has 0 bridgehead atoms. The fourth-order valence-corrected chi connectivity index (χ4v) is 2.77. The van der Waals surface area contributed by atoms with Crippen molar-refractivity contribution in [2.75, 3.05) is 25.5 Å². The third-order valence-corrected chi connectivity index (χ3v) is 4.35. The van der Waals surface area contributed by atoms with Crippen molar-refractivity contribution in [1.29, 1.82) is 5.26 Å². The quantitative estimate of drug-likeness (QED) is 0.372. The van der Waals surface area contributed by atoms with Crippen molar-refractivity contribution in [1.82, 2.24) is 15.6 Å². The summed E-state index contributed by atoms with van der Waals surface area (Å²) < 4.78 is 13.9. The third-order valence-electron chi connectivity index (χ3n) is 3.29. The molecule has 0 amide bonds. The van der Waals surface area contributed by atoms with E-state index < -0.39 is 5.82 Å². The number of guanidine groups is 1. The van der Waals surface area contributed by atoms with Gasteiger partial charge in [0.2, 0.25) is 0 Å². The van der Waals surface area contributed by atoms with Crippen LogP contribution in [0.3, 0.4) is 0 Å². The van der Waals surface area contributed by atoms with Crippen LogP contribution in [0.25, 0.3) is 0 Å². The first-order valence-corrected chi connectivity index (χ1v) is 8.74. The van der Waals surface area contributed by atoms with E-state index in [0.717, 1.165) is 10.8 Å². The Bertz CT molecular complexity index is 784. The summed E-state index contributed by atoms with van der Waals surface area (Å²) in [4.78, 5) is 10.9. The molecule has 0 saturated carbocycles. The Hall–Kier alpha value is -1.93. The Morgan fingerprint density at radius 2 is 2.15 bits per heavy atom. The minimum atomic E-state index is -0.422. The number of thiazole rings is 1. The third kappa shape index (κ3) is 6.42. The molecule has 0 fully saturated rings. The molecule has 0 aliphatic carbocycles. The topological polar surface area (TPSA) is 76.3 Å². The molecular weight excluding hydrogens is 466 g/mol. The lowest BCUT2D eigenvalue weighted by atomic mass is 10.1. The van der Waals surface area contributed by atoms with E-state index in [2.05, 4.69) is 20.6 Å². The van der Waals surface area contributed by atoms with E-state index >= 15 is 0 Å². The Labute approximate surface area is 174 Å². The number of nitrogens with zero attached hydrogens (tertiary/aromatic N) is 4. The van der Waals surface area contributed by atoms with Crippen molar-refractivity contribution in [2.24, 2.45) is 4.99 Å². The number of nitriles is 1. The predicted octanol–water partition coefficient (Wildman–Crippen LogP) is 3.09. The van der Waals surface area contributed by atoms with Gasteiger partial charge >= 0.3 is 0 Å². The number of hydrogen-bond acceptors (Lipinski definition) is 5. The maximum absolute atomic E-state index is 13.9. The fourth-order valence-electron chi connectivity index (χ4n) is 2.01. The van der Waals surface area contributed by atoms with E-state index in [4.69, 9.17) is 5.26 Å². The number of rotatable bonds is 6. The van der Waals surface area contributed by atoms with Crippen LogP contribution in [0.1, 0.15) is 23.7 Å². The lowest BCUT2D eigenvalue weighted by Crippen LogP contribution is -2.36. The second-order valence-electron chi connectivity index (χ2n) is 5.48. The van der Waals surface area contributed by atoms with Crippen molar-refractivity contribution in [3.63, 3.8) is 0 Å². The number of aromatic nitrogens is 1. The molecule has 2 rings (SSSR count). The molecule has 1 aromatic heterocycles. The summed E-state index contributed by atoms with van der Waals surface area (Å²) in [7, 11) is 3.90. The molecule has 0 radical (unpaired) electrons. The minimum Gasteiger partial charge on any atom is -0.357 e. The highest BCUT2D eigenvalue weighted by Crippen LogP contribution is 2.17. The monoisotopic (exact) mass is 488 g/mol. The van der Waals surface area contributed by atoms with Crippen molar-refractivity contribution in [3.8, 4) is 6.07 Å². The Morgan fingerprint density at radius 3 is 2.73 bits per heavy atom. The Morgan fingerprint density at radius 1 is 1.38 bits per heavy atom. The first kappa shape index (κ1) is 22.1. The predicted molar refractivity (Wildman–Crippen MR) is 115 cm³/mol. The maximum atomic E-state index is 13.9. The van der Waals surface area contributed by atoms with Gasteiger partial charge in [0.15, 0.2) is 11.1 Å². The van der Waals surface area contributed by atoms with Gasteiger partial charge in [-0.3, -0.25) is 0 Å². The number of hydrogen-bond donors (Lipinski definition) is 2. The molecule has 9 heteroatoms. The summed E-state index contributed by atoms with van der Waals surface area (Å²) in [6.45, 7) is 3.38. The van der Waals surface area contributed by atoms with Gasteiger partial charge in [0, 0.05) is 31.6 Å². The van der Waals surface area contributed by atoms with E-state index in [0.29, 0.717) is 30.2 Å². The van der Waals surface area contributed by atoms with Crippen LogP contribution in [0, 0.1) is 17.1 Å². The van der Waals surface area contributed by atoms with Crippen LogP contribution in [0.5, 0.6) is 0 Å². The smallest absolute Gasteiger partial charge is 0.191 e. The van der Waals surface area contributed by atoms with Gasteiger partial charge in [0.05, 0.1) is 30.4 Å². The Kier molecular flexibility index (Phi) is 9.29. The van der Waals surface area contributed by atoms with E-state index in [1.54, 1.807) is 23.5 Å². The van der Waals surface area contributed by atoms with E-state index in [1.165, 1.54) is 6.07 Å². The SMILES string of the molecule is CCNC(=NCc1ccc(C#N)cc1F)NCc1csc(N(C)C)n1.I. The van der Waals surface area contributed by atoms with Crippen LogP contribution in [-0.2, 0) is 13.1 Å². The molecule has 1 heterocycles. The summed E-state index contributed by atoms with van der Waals surface area (Å²) in [6.07, 6.45) is 0. The van der Waals surface area contributed by atoms with Gasteiger partial charge in [-0.2, -0.15) is 5.26 Å². The summed E-state index contributed by atoms with van der Waals surface area (Å²) >= 11 is 1.58. The van der Waals surface area contributed by atoms with E-state index in [-0.39, 0.29) is 30.5 Å². The summed E-state index contributed by atoms with van der Waals surface area (Å²) in [5.74, 6) is 0.166. The van der Waals surface area contributed by atoms with Gasteiger partial charge in [-0.05, 0) is 19.1 Å². The molecule has 0 unspecified atom stereocenters. The fraction of sp³-hybridized carbons (Fsp3) is 0.353. The summed E-state index contributed by atoms with van der Waals surface area (Å²) in [5.41, 5.74) is 1.67. The molecule has 0 aliphatic rings. The molecule has 6 nitrogen and oxygen atoms in total. The molecule has 140 valence electrons. The van der Waals surface area contributed by atoms with E-state index in [9.17, 15) is 4.39 Å². The average Bonchev–Trinajstić information content (AvgIpc) is 3.07. The highest BCUT2D eigenvalue weighted by molar-refractivity contribution is 14.0. The molecule has 0 saturated heterocycles. The summed E-state index contributed by atoms with van der Waals surface area (Å²) in [5, 5.41) is 18.0. The van der Waals surface area contributed by atoms with Crippen molar-refractivity contribution < 1.29 is 4.39 Å². The van der Waals surface area contributed by atoms with Gasteiger partial charge in [0.1, 0.15) is 5.82 Å². The number of nitrogens with one attached hydrogen (secondary N) is 2. The second-order valence-corrected chi connectivity index (χ2v) is 6.32. The summed E-state index contributed by atoms with van der Waals surface area (Å²) in [6, 6.07) is 6.32. The standard InChI is InChI=1S/C17H21FN6S.HI/c1-4-20-16(22-10-14-11-25-17(23-14)24(2)3)21-9-13-6-5-12(8-19)7-15(13)18;/h5-7,11H,4,9-10H2,1-3H3,(H2,20,21,22);1H. The molecule has 0 spiro atoms. The Balaban J connectivity index is 0.00000338. The highest BCUT2D eigenvalue weighted by atomic mass is 127. The van der Waals surface area contributed by atoms with E-state index in [1.807, 2.05) is 37.4 Å². The minimum absolute atomic E-state index is 0. The van der Waals surface area contributed by atoms with Crippen LogP contribution in [0.2, 0.25) is 0 Å². The van der Waals surface area contributed by atoms with Crippen LogP contribution in [-0.4, -0.2) is 31.6 Å².